The Morgan fingerprint density at radius 1 is 0.986 bits per heavy atom. The minimum atomic E-state index is -6.51. The number of para-hydroxylation sites is 1. The number of nitro benzene ring substituents is 1. The number of fused-ring (bicyclic) bond motifs is 2. The van der Waals surface area contributed by atoms with Crippen molar-refractivity contribution in [3.05, 3.63) is 68.6 Å². The number of aliphatic imine (C=N–C) groups is 1. The van der Waals surface area contributed by atoms with E-state index in [0.717, 1.165) is 18.0 Å². The second-order valence-corrected chi connectivity index (χ2v) is 21.1. The molecule has 4 aromatic rings. The molecule has 1 aromatic carbocycles. The number of nitrogens with one attached hydrogen (secondary N) is 2. The van der Waals surface area contributed by atoms with Crippen LogP contribution in [-0.2, 0) is 62.1 Å². The fourth-order valence-electron chi connectivity index (χ4n) is 7.72. The number of rotatable bonds is 17. The van der Waals surface area contributed by atoms with Gasteiger partial charge in [0.2, 0.25) is 12.2 Å². The number of nitrogens with two attached hydrogens (primary N) is 2. The number of aliphatic hydroxyl groups is 2. The zero-order valence-corrected chi connectivity index (χ0v) is 48.5. The molecule has 3 aliphatic rings. The number of guanidine groups is 1. The van der Waals surface area contributed by atoms with Crippen LogP contribution in [0.3, 0.4) is 0 Å². The Bertz CT molecular complexity index is 2910. The minimum Gasteiger partial charge on any atom is -0.829 e. The smallest absolute Gasteiger partial charge is 0.829 e. The molecule has 0 bridgehead atoms. The van der Waals surface area contributed by atoms with E-state index in [1.807, 2.05) is 0 Å². The maximum atomic E-state index is 13.7. The molecule has 3 aliphatic heterocycles. The maximum absolute atomic E-state index is 13.7. The average Bonchev–Trinajstić information content (AvgIpc) is 3.98. The molecule has 2 fully saturated rings. The van der Waals surface area contributed by atoms with Crippen molar-refractivity contribution >= 4 is 64.2 Å². The summed E-state index contributed by atoms with van der Waals surface area (Å²) < 4.78 is 87.4. The summed E-state index contributed by atoms with van der Waals surface area (Å²) in [5.41, 5.74) is 8.83. The third-order valence-corrected chi connectivity index (χ3v) is 14.8. The van der Waals surface area contributed by atoms with Crippen molar-refractivity contribution in [3.8, 4) is 0 Å². The number of methoxy groups -OCH3 is 1. The predicted molar refractivity (Wildman–Crippen MR) is 220 cm³/mol. The van der Waals surface area contributed by atoms with Crippen LogP contribution >= 0.6 is 23.5 Å². The number of aryl methyl sites for hydroxylation is 1. The second-order valence-electron chi connectivity index (χ2n) is 16.6. The van der Waals surface area contributed by atoms with Gasteiger partial charge in [-0.3, -0.25) is 42.7 Å². The number of phosphoric ester groups is 2. The Morgan fingerprint density at radius 3 is 2.21 bits per heavy atom. The van der Waals surface area contributed by atoms with Crippen LogP contribution in [0.1, 0.15) is 56.8 Å². The first-order valence-corrected chi connectivity index (χ1v) is 24.5. The van der Waals surface area contributed by atoms with Gasteiger partial charge in [-0.05, 0) is 6.07 Å². The summed E-state index contributed by atoms with van der Waals surface area (Å²) in [4.78, 5) is 89.1. The van der Waals surface area contributed by atoms with Crippen LogP contribution in [0.2, 0.25) is 0 Å². The molecule has 384 valence electrons. The summed E-state index contributed by atoms with van der Waals surface area (Å²) in [7, 11) is -16.3. The Hall–Kier alpha value is -2.31. The number of hydrogen-bond donors (Lipinski definition) is 6. The van der Waals surface area contributed by atoms with Crippen molar-refractivity contribution in [1.29, 1.82) is 0 Å². The topological polar surface area (TPSA) is 476 Å². The molecule has 0 spiro atoms. The van der Waals surface area contributed by atoms with Crippen LogP contribution < -0.4 is 135 Å². The van der Waals surface area contributed by atoms with Crippen LogP contribution in [-0.4, -0.2) is 108 Å². The maximum Gasteiger partial charge on any atom is 1.00 e. The number of nitrogens with zero attached hydrogens (tertiary/aromatic N) is 7. The number of aliphatic hydroxyl groups excluding tert-OH is 2. The van der Waals surface area contributed by atoms with Gasteiger partial charge >= 0.3 is 94.8 Å². The van der Waals surface area contributed by atoms with E-state index in [2.05, 4.69) is 38.4 Å². The molecule has 7 unspecified atom stereocenters. The SMILES string of the molecule is CO[C@@H]1C(OC(=O)OC(c2ccccc2[N+](=O)[O-])C(C)(C)C)[C@H]([n+]2cn(C)c3c2NC(N)=NC3[O-])O[C@@H]1COP(=O)([O-])OP(=O)([O-])OP(=O)([O-])OC[C@H]1O[C@@H](n2cnc3c(=O)[nH]c(N)nc32)C(O)[C@H]1O.[Na+].[Na+].[Na+]. The van der Waals surface area contributed by atoms with Crippen LogP contribution in [0, 0.1) is 15.5 Å². The molecule has 0 amide bonds. The predicted octanol–water partition coefficient (Wildman–Crippen LogP) is -11.6. The van der Waals surface area contributed by atoms with Gasteiger partial charge < -0.3 is 74.2 Å². The van der Waals surface area contributed by atoms with Gasteiger partial charge in [0.1, 0.15) is 36.6 Å². The van der Waals surface area contributed by atoms with Crippen LogP contribution in [0.25, 0.3) is 11.2 Å². The zero-order chi connectivity index (χ0) is 51.4. The molecule has 6 heterocycles. The number of anilines is 2. The van der Waals surface area contributed by atoms with E-state index in [-0.39, 0.29) is 135 Å². The van der Waals surface area contributed by atoms with Crippen LogP contribution in [0.5, 0.6) is 0 Å². The number of phosphoric acid groups is 3. The minimum absolute atomic E-state index is 0. The fourth-order valence-corrected chi connectivity index (χ4v) is 11.1. The van der Waals surface area contributed by atoms with E-state index in [1.54, 1.807) is 20.8 Å². The summed E-state index contributed by atoms with van der Waals surface area (Å²) in [6.45, 7) is 2.42. The number of nitro groups is 1. The van der Waals surface area contributed by atoms with Gasteiger partial charge in [-0.15, -0.1) is 0 Å². The summed E-state index contributed by atoms with van der Waals surface area (Å²) in [6.07, 6.45) is -15.8. The Morgan fingerprint density at radius 2 is 1.60 bits per heavy atom. The molecule has 8 N–H and O–H groups in total. The molecule has 33 nitrogen and oxygen atoms in total. The summed E-state index contributed by atoms with van der Waals surface area (Å²) in [5.74, 6) is -0.708. The monoisotopic (exact) mass is 1120 g/mol. The first kappa shape index (κ1) is 63.2. The van der Waals surface area contributed by atoms with Gasteiger partial charge in [0.05, 0.1) is 37.1 Å². The van der Waals surface area contributed by atoms with E-state index in [4.69, 9.17) is 39.7 Å². The molecule has 73 heavy (non-hydrogen) atoms. The molecule has 2 saturated heterocycles. The zero-order valence-electron chi connectivity index (χ0n) is 39.8. The van der Waals surface area contributed by atoms with Crippen LogP contribution in [0.4, 0.5) is 22.2 Å². The average molecular weight is 1120 g/mol. The summed E-state index contributed by atoms with van der Waals surface area (Å²) in [5, 5.41) is 48.7. The number of ether oxygens (including phenoxy) is 5. The van der Waals surface area contributed by atoms with Gasteiger partial charge in [-0.1, -0.05) is 32.9 Å². The fraction of sp³-hybridized carbons (Fsp3) is 0.529. The quantitative estimate of drug-likeness (QED) is 0.0143. The van der Waals surface area contributed by atoms with Crippen molar-refractivity contribution in [2.75, 3.05) is 31.4 Å². The van der Waals surface area contributed by atoms with Crippen molar-refractivity contribution < 1.29 is 188 Å². The first-order valence-electron chi connectivity index (χ1n) is 20.1. The molecule has 3 aromatic heterocycles. The van der Waals surface area contributed by atoms with E-state index >= 15 is 0 Å². The van der Waals surface area contributed by atoms with Gasteiger partial charge in [0.25, 0.3) is 46.5 Å². The summed E-state index contributed by atoms with van der Waals surface area (Å²) in [6, 6.07) is 5.47. The molecular formula is C34H43N11Na3O22P3. The standard InChI is InChI=1S/C34H46N11O22P3.3Na/c1-34(2,3)24(14-8-6-7-9-15(14)45(51)52)65-33(50)64-23-22(59-5)17(63-30(23)44-13-42(4)19-26(44)39-32(36)41-28(19)49)11-61-69(55,56)67-70(57,58)66-68(53,54)60-10-16-20(46)21(47)29(62-16)43-12-37-18-25(43)38-31(35)40-27(18)48;;;/h6-9,12-13,16-17,20-24,28-30,46-47H,10-11H2,1-5H3,(H,53,54)(H,55,56)(H,57,58)(H3,36,39,41)(H3,35,38,40,48);;;/q;3*+1/p-3/t16-,17-,20+,21?,22+,23?,24?,28?,29-,30-;;;/m1.../s1. The largest absolute Gasteiger partial charge is 1.00 e. The number of aromatic amines is 1. The normalized spacial score (nSPS) is 26.5. The number of carbonyl (C=O) groups is 1. The third-order valence-electron chi connectivity index (χ3n) is 10.7. The molecule has 39 heteroatoms. The number of nitrogen functional groups attached to an aromatic ring is 1. The van der Waals surface area contributed by atoms with Gasteiger partial charge in [0, 0.05) is 24.8 Å². The number of benzene rings is 1. The van der Waals surface area contributed by atoms with E-state index in [9.17, 15) is 63.4 Å². The van der Waals surface area contributed by atoms with E-state index < -0.39 is 120 Å². The molecule has 0 saturated carbocycles. The molecular weight excluding hydrogens is 1080 g/mol. The van der Waals surface area contributed by atoms with Gasteiger partial charge in [-0.2, -0.15) is 4.98 Å². The van der Waals surface area contributed by atoms with Crippen molar-refractivity contribution in [1.82, 2.24) is 24.1 Å². The Kier molecular flexibility index (Phi) is 21.3. The van der Waals surface area contributed by atoms with Crippen LogP contribution in [0.15, 0.2) is 46.7 Å². The molecule has 0 radical (unpaired) electrons. The summed E-state index contributed by atoms with van der Waals surface area (Å²) >= 11 is 0. The van der Waals surface area contributed by atoms with E-state index in [1.165, 1.54) is 46.8 Å². The van der Waals surface area contributed by atoms with Crippen molar-refractivity contribution in [2.45, 2.75) is 82.2 Å². The van der Waals surface area contributed by atoms with Gasteiger partial charge in [0.15, 0.2) is 35.5 Å². The Labute approximate surface area is 477 Å². The van der Waals surface area contributed by atoms with Crippen molar-refractivity contribution in [2.24, 2.45) is 23.2 Å². The third kappa shape index (κ3) is 14.3. The number of aromatic nitrogens is 6. The number of imidazole rings is 2. The number of carbonyl (C=O) groups excluding carboxylic acids is 1. The first-order chi connectivity index (χ1) is 32.6. The van der Waals surface area contributed by atoms with E-state index in [0.29, 0.717) is 0 Å². The number of H-pyrrole nitrogens is 1. The Balaban J connectivity index is 0.00000385. The van der Waals surface area contributed by atoms with Gasteiger partial charge in [-0.25, -0.2) is 33.3 Å². The second kappa shape index (κ2) is 24.6. The molecule has 7 rings (SSSR count). The molecule has 13 atom stereocenters. The van der Waals surface area contributed by atoms with Crippen molar-refractivity contribution in [3.63, 3.8) is 0 Å². The molecule has 0 aliphatic carbocycles. The number of hydrogen-bond acceptors (Lipinski definition) is 28.